The Morgan fingerprint density at radius 3 is 2.83 bits per heavy atom. The van der Waals surface area contributed by atoms with E-state index in [4.69, 9.17) is 5.26 Å². The van der Waals surface area contributed by atoms with Crippen LogP contribution >= 0.6 is 0 Å². The van der Waals surface area contributed by atoms with E-state index in [1.54, 1.807) is 12.1 Å². The minimum absolute atomic E-state index is 0.154. The third kappa shape index (κ3) is 3.59. The summed E-state index contributed by atoms with van der Waals surface area (Å²) in [6, 6.07) is 9.56. The lowest BCUT2D eigenvalue weighted by Gasteiger charge is -2.25. The Balaban J connectivity index is 1.64. The van der Waals surface area contributed by atoms with Crippen LogP contribution < -0.4 is 0 Å². The highest BCUT2D eigenvalue weighted by Crippen LogP contribution is 2.20. The van der Waals surface area contributed by atoms with Crippen LogP contribution in [-0.4, -0.2) is 33.2 Å². The molecule has 2 aromatic rings. The molecule has 1 amide bonds. The van der Waals surface area contributed by atoms with Crippen molar-refractivity contribution >= 4 is 5.91 Å². The Kier molecular flexibility index (Phi) is 4.42. The Bertz CT molecular complexity index is 726. The molecular formula is C18H20N4O. The predicted molar refractivity (Wildman–Crippen MR) is 86.6 cm³/mol. The van der Waals surface area contributed by atoms with Gasteiger partial charge in [0.15, 0.2) is 0 Å². The molecule has 1 saturated heterocycles. The summed E-state index contributed by atoms with van der Waals surface area (Å²) in [6.07, 6.45) is 6.32. The van der Waals surface area contributed by atoms with Gasteiger partial charge in [-0.15, -0.1) is 0 Å². The van der Waals surface area contributed by atoms with Crippen molar-refractivity contribution in [3.63, 3.8) is 0 Å². The van der Waals surface area contributed by atoms with Crippen molar-refractivity contribution in [2.45, 2.75) is 38.8 Å². The lowest BCUT2D eigenvalue weighted by molar-refractivity contribution is -0.131. The van der Waals surface area contributed by atoms with Crippen LogP contribution in [0.4, 0.5) is 0 Å². The number of carbonyl (C=O) groups excluding carboxylic acids is 1. The Hall–Kier alpha value is -2.61. The second kappa shape index (κ2) is 6.66. The molecule has 5 heteroatoms. The fourth-order valence-corrected chi connectivity index (χ4v) is 3.11. The number of aromatic nitrogens is 2. The van der Waals surface area contributed by atoms with E-state index in [1.165, 1.54) is 0 Å². The average molecular weight is 308 g/mol. The molecule has 0 aliphatic carbocycles. The molecule has 0 saturated carbocycles. The van der Waals surface area contributed by atoms with E-state index in [2.05, 4.69) is 11.2 Å². The summed E-state index contributed by atoms with van der Waals surface area (Å²) in [5, 5.41) is 13.2. The van der Waals surface area contributed by atoms with Crippen molar-refractivity contribution in [2.24, 2.45) is 0 Å². The van der Waals surface area contributed by atoms with Gasteiger partial charge in [-0.2, -0.15) is 10.4 Å². The number of carbonyl (C=O) groups is 1. The molecule has 3 rings (SSSR count). The van der Waals surface area contributed by atoms with Crippen LogP contribution in [0.1, 0.15) is 29.5 Å². The van der Waals surface area contributed by atoms with Crippen LogP contribution in [-0.2, 0) is 17.8 Å². The summed E-state index contributed by atoms with van der Waals surface area (Å²) >= 11 is 0. The van der Waals surface area contributed by atoms with Gasteiger partial charge in [0.25, 0.3) is 0 Å². The monoisotopic (exact) mass is 308 g/mol. The summed E-state index contributed by atoms with van der Waals surface area (Å²) in [6.45, 7) is 3.60. The van der Waals surface area contributed by atoms with Crippen molar-refractivity contribution in [1.29, 1.82) is 5.26 Å². The van der Waals surface area contributed by atoms with Gasteiger partial charge in [-0.25, -0.2) is 0 Å². The van der Waals surface area contributed by atoms with Gasteiger partial charge < -0.3 is 4.90 Å². The topological polar surface area (TPSA) is 61.9 Å². The molecule has 0 unspecified atom stereocenters. The zero-order valence-electron chi connectivity index (χ0n) is 13.3. The molecule has 0 radical (unpaired) electrons. The summed E-state index contributed by atoms with van der Waals surface area (Å²) in [7, 11) is 0. The maximum Gasteiger partial charge on any atom is 0.227 e. The highest BCUT2D eigenvalue weighted by atomic mass is 16.2. The number of hydrogen-bond donors (Lipinski definition) is 0. The molecule has 1 aromatic heterocycles. The second-order valence-corrected chi connectivity index (χ2v) is 6.11. The predicted octanol–water partition coefficient (Wildman–Crippen LogP) is 2.30. The maximum absolute atomic E-state index is 12.6. The third-order valence-corrected chi connectivity index (χ3v) is 4.30. The van der Waals surface area contributed by atoms with E-state index in [-0.39, 0.29) is 11.9 Å². The molecule has 118 valence electrons. The zero-order chi connectivity index (χ0) is 16.2. The average Bonchev–Trinajstić information content (AvgIpc) is 3.17. The van der Waals surface area contributed by atoms with Gasteiger partial charge in [-0.3, -0.25) is 9.48 Å². The summed E-state index contributed by atoms with van der Waals surface area (Å²) in [4.78, 5) is 14.6. The lowest BCUT2D eigenvalue weighted by atomic mass is 10.1. The van der Waals surface area contributed by atoms with E-state index in [9.17, 15) is 4.79 Å². The van der Waals surface area contributed by atoms with Gasteiger partial charge in [-0.05, 0) is 43.0 Å². The Morgan fingerprint density at radius 2 is 2.17 bits per heavy atom. The number of amides is 1. The standard InChI is InChI=1S/C18H20N4O/c1-14-11-20-21(12-14)13-17-3-2-8-22(17)18(23)9-15-4-6-16(10-19)7-5-15/h4-7,11-12,17H,2-3,8-9,13H2,1H3/t17-/m0/s1. The van der Waals surface area contributed by atoms with Crippen LogP contribution in [0.2, 0.25) is 0 Å². The van der Waals surface area contributed by atoms with Gasteiger partial charge in [-0.1, -0.05) is 12.1 Å². The van der Waals surface area contributed by atoms with E-state index in [0.29, 0.717) is 12.0 Å². The minimum Gasteiger partial charge on any atom is -0.338 e. The van der Waals surface area contributed by atoms with Gasteiger partial charge in [0.2, 0.25) is 5.91 Å². The quantitative estimate of drug-likeness (QED) is 0.870. The number of rotatable bonds is 4. The van der Waals surface area contributed by atoms with Gasteiger partial charge >= 0.3 is 0 Å². The molecule has 1 aliphatic rings. The number of nitrogens with zero attached hydrogens (tertiary/aromatic N) is 4. The molecule has 0 N–H and O–H groups in total. The first-order valence-electron chi connectivity index (χ1n) is 7.93. The van der Waals surface area contributed by atoms with Crippen molar-refractivity contribution in [3.05, 3.63) is 53.3 Å². The first kappa shape index (κ1) is 15.3. The molecule has 0 bridgehead atoms. The summed E-state index contributed by atoms with van der Waals surface area (Å²) < 4.78 is 1.92. The van der Waals surface area contributed by atoms with E-state index in [0.717, 1.165) is 37.1 Å². The van der Waals surface area contributed by atoms with Crippen molar-refractivity contribution in [1.82, 2.24) is 14.7 Å². The SMILES string of the molecule is Cc1cnn(C[C@@H]2CCCN2C(=O)Cc2ccc(C#N)cc2)c1. The molecule has 1 fully saturated rings. The molecule has 5 nitrogen and oxygen atoms in total. The van der Waals surface area contributed by atoms with Gasteiger partial charge in [0.1, 0.15) is 0 Å². The zero-order valence-corrected chi connectivity index (χ0v) is 13.3. The van der Waals surface area contributed by atoms with Crippen LogP contribution in [0.3, 0.4) is 0 Å². The normalized spacial score (nSPS) is 17.2. The van der Waals surface area contributed by atoms with Crippen molar-refractivity contribution in [2.75, 3.05) is 6.54 Å². The number of hydrogen-bond acceptors (Lipinski definition) is 3. The molecule has 23 heavy (non-hydrogen) atoms. The molecule has 1 aliphatic heterocycles. The minimum atomic E-state index is 0.154. The molecule has 2 heterocycles. The number of nitriles is 1. The number of likely N-dealkylation sites (tertiary alicyclic amines) is 1. The first-order valence-corrected chi connectivity index (χ1v) is 7.93. The van der Waals surface area contributed by atoms with Gasteiger partial charge in [0, 0.05) is 12.7 Å². The van der Waals surface area contributed by atoms with Crippen LogP contribution in [0.15, 0.2) is 36.7 Å². The summed E-state index contributed by atoms with van der Waals surface area (Å²) in [5.41, 5.74) is 2.71. The Morgan fingerprint density at radius 1 is 1.39 bits per heavy atom. The Labute approximate surface area is 136 Å². The van der Waals surface area contributed by atoms with E-state index in [1.807, 2.05) is 41.0 Å². The lowest BCUT2D eigenvalue weighted by Crippen LogP contribution is -2.39. The van der Waals surface area contributed by atoms with Gasteiger partial charge in [0.05, 0.1) is 36.8 Å². The van der Waals surface area contributed by atoms with Crippen LogP contribution in [0, 0.1) is 18.3 Å². The highest BCUT2D eigenvalue weighted by Gasteiger charge is 2.28. The largest absolute Gasteiger partial charge is 0.338 e. The van der Waals surface area contributed by atoms with Crippen LogP contribution in [0.25, 0.3) is 0 Å². The third-order valence-electron chi connectivity index (χ3n) is 4.30. The number of aryl methyl sites for hydroxylation is 1. The smallest absolute Gasteiger partial charge is 0.227 e. The molecule has 1 atom stereocenters. The fourth-order valence-electron chi connectivity index (χ4n) is 3.11. The highest BCUT2D eigenvalue weighted by molar-refractivity contribution is 5.79. The van der Waals surface area contributed by atoms with Crippen molar-refractivity contribution < 1.29 is 4.79 Å². The second-order valence-electron chi connectivity index (χ2n) is 6.11. The molecule has 0 spiro atoms. The van der Waals surface area contributed by atoms with E-state index < -0.39 is 0 Å². The van der Waals surface area contributed by atoms with E-state index >= 15 is 0 Å². The molecular weight excluding hydrogens is 288 g/mol. The first-order chi connectivity index (χ1) is 11.2. The maximum atomic E-state index is 12.6. The molecule has 1 aromatic carbocycles. The fraction of sp³-hybridized carbons (Fsp3) is 0.389. The van der Waals surface area contributed by atoms with Crippen LogP contribution in [0.5, 0.6) is 0 Å². The number of benzene rings is 1. The van der Waals surface area contributed by atoms with Crippen molar-refractivity contribution in [3.8, 4) is 6.07 Å². The summed E-state index contributed by atoms with van der Waals surface area (Å²) in [5.74, 6) is 0.154.